The molecule has 0 heterocycles. The Kier molecular flexibility index (Phi) is 10.4. The Balaban J connectivity index is 1.42. The minimum absolute atomic E-state index is 0.0119. The van der Waals surface area contributed by atoms with Gasteiger partial charge in [-0.3, -0.25) is 18.1 Å². The number of allylic oxidation sites excluding steroid dienone is 1. The summed E-state index contributed by atoms with van der Waals surface area (Å²) in [6.45, 7) is 11.8. The van der Waals surface area contributed by atoms with Crippen LogP contribution in [0.4, 0.5) is 0 Å². The fourth-order valence-electron chi connectivity index (χ4n) is 9.36. The Morgan fingerprint density at radius 2 is 1.72 bits per heavy atom. The Morgan fingerprint density at radius 3 is 2.36 bits per heavy atom. The van der Waals surface area contributed by atoms with E-state index in [0.29, 0.717) is 23.2 Å². The highest BCUT2D eigenvalue weighted by molar-refractivity contribution is 7.48. The maximum atomic E-state index is 12.6. The summed E-state index contributed by atoms with van der Waals surface area (Å²) in [6.07, 6.45) is 13.6. The van der Waals surface area contributed by atoms with Gasteiger partial charge in [0.2, 0.25) is 0 Å². The monoisotopic (exact) mass is 588 g/mol. The van der Waals surface area contributed by atoms with Crippen LogP contribution in [0.1, 0.15) is 98.8 Å². The van der Waals surface area contributed by atoms with Crippen LogP contribution < -0.4 is 0 Å². The molecule has 226 valence electrons. The molecule has 0 spiro atoms. The second-order valence-electron chi connectivity index (χ2n) is 13.7. The summed E-state index contributed by atoms with van der Waals surface area (Å²) in [4.78, 5) is 0. The van der Waals surface area contributed by atoms with E-state index in [4.69, 9.17) is 22.6 Å². The predicted octanol–water partition coefficient (Wildman–Crippen LogP) is 8.85. The zero-order valence-electron chi connectivity index (χ0n) is 25.6. The van der Waals surface area contributed by atoms with E-state index in [2.05, 4.69) is 40.7 Å². The first-order valence-electron chi connectivity index (χ1n) is 15.2. The van der Waals surface area contributed by atoms with Crippen molar-refractivity contribution in [2.24, 2.45) is 46.3 Å². The van der Waals surface area contributed by atoms with Crippen LogP contribution in [-0.2, 0) is 31.7 Å². The van der Waals surface area contributed by atoms with Crippen LogP contribution >= 0.6 is 16.1 Å². The van der Waals surface area contributed by atoms with Crippen molar-refractivity contribution < 1.29 is 31.7 Å². The highest BCUT2D eigenvalue weighted by atomic mass is 31.2. The summed E-state index contributed by atoms with van der Waals surface area (Å²) in [6, 6.07) is 0. The minimum atomic E-state index is -3.47. The maximum Gasteiger partial charge on any atom is 0.474 e. The van der Waals surface area contributed by atoms with Crippen LogP contribution in [0, 0.1) is 46.3 Å². The topological polar surface area (TPSA) is 80.3 Å². The first kappa shape index (κ1) is 31.9. The second kappa shape index (κ2) is 12.7. The molecule has 0 aliphatic heterocycles. The molecule has 39 heavy (non-hydrogen) atoms. The fraction of sp³-hybridized carbons (Fsp3) is 0.933. The number of phosphoric acid groups is 1. The third kappa shape index (κ3) is 6.36. The molecule has 3 fully saturated rings. The summed E-state index contributed by atoms with van der Waals surface area (Å²) in [5.74, 6) is 3.92. The van der Waals surface area contributed by atoms with Gasteiger partial charge in [-0.05, 0) is 111 Å². The molecular weight excluding hydrogens is 534 g/mol. The van der Waals surface area contributed by atoms with Crippen molar-refractivity contribution in [3.63, 3.8) is 0 Å². The van der Waals surface area contributed by atoms with Gasteiger partial charge in [0.1, 0.15) is 0 Å². The average molecular weight is 589 g/mol. The number of hydrogen-bond acceptors (Lipinski definition) is 7. The van der Waals surface area contributed by atoms with Crippen molar-refractivity contribution in [3.8, 4) is 0 Å². The molecule has 10 atom stereocenters. The largest absolute Gasteiger partial charge is 0.474 e. The molecule has 0 saturated heterocycles. The van der Waals surface area contributed by atoms with E-state index in [-0.39, 0.29) is 17.6 Å². The molecule has 0 aromatic rings. The standard InChI is InChI=1S/C30H54O7P2/c1-20(2)28(36-38(31)33-6)14-9-21(3)25-12-13-26-24-11-10-22-19-23(37-39(32,34-7)35-8)15-17-29(22,4)27(24)16-18-30(25,26)5/h10,20-21,23-28,38H,9,11-19H2,1-8H3/t21-,23+,24+,25-,26+,27+,28?,29+,30-/m1/s1. The molecule has 0 amide bonds. The summed E-state index contributed by atoms with van der Waals surface area (Å²) < 4.78 is 51.2. The zero-order valence-corrected chi connectivity index (χ0v) is 27.5. The molecule has 4 aliphatic carbocycles. The highest BCUT2D eigenvalue weighted by Gasteiger charge is 2.59. The quantitative estimate of drug-likeness (QED) is 0.166. The lowest BCUT2D eigenvalue weighted by Crippen LogP contribution is -2.51. The van der Waals surface area contributed by atoms with E-state index < -0.39 is 16.1 Å². The van der Waals surface area contributed by atoms with Gasteiger partial charge in [-0.15, -0.1) is 0 Å². The van der Waals surface area contributed by atoms with Gasteiger partial charge in [0.25, 0.3) is 0 Å². The SMILES string of the molecule is CO[PH](=O)OC(CC[C@@H](C)[C@H]1CC[C@H]2[C@@H]3CC=C4C[C@@H](OP(=O)(OC)OC)CC[C@]4(C)[C@H]3CC[C@]12C)C(C)C. The molecule has 7 nitrogen and oxygen atoms in total. The van der Waals surface area contributed by atoms with Gasteiger partial charge in [-0.1, -0.05) is 46.3 Å². The average Bonchev–Trinajstić information content (AvgIpc) is 3.27. The molecule has 0 aromatic carbocycles. The van der Waals surface area contributed by atoms with Crippen molar-refractivity contribution in [2.45, 2.75) is 111 Å². The van der Waals surface area contributed by atoms with Crippen molar-refractivity contribution in [2.75, 3.05) is 21.3 Å². The van der Waals surface area contributed by atoms with Gasteiger partial charge in [-0.25, -0.2) is 4.57 Å². The van der Waals surface area contributed by atoms with E-state index >= 15 is 0 Å². The zero-order chi connectivity index (χ0) is 28.6. The van der Waals surface area contributed by atoms with E-state index in [1.165, 1.54) is 52.6 Å². The Labute approximate surface area is 238 Å². The lowest BCUT2D eigenvalue weighted by Gasteiger charge is -2.58. The van der Waals surface area contributed by atoms with Crippen molar-refractivity contribution in [1.29, 1.82) is 0 Å². The second-order valence-corrected chi connectivity index (χ2v) is 16.7. The number of hydrogen-bond donors (Lipinski definition) is 0. The van der Waals surface area contributed by atoms with E-state index in [0.717, 1.165) is 56.3 Å². The van der Waals surface area contributed by atoms with Crippen LogP contribution in [0.5, 0.6) is 0 Å². The number of fused-ring (bicyclic) bond motifs is 5. The number of phosphoric ester groups is 1. The molecule has 3 saturated carbocycles. The van der Waals surface area contributed by atoms with Crippen LogP contribution in [-0.4, -0.2) is 33.5 Å². The third-order valence-corrected chi connectivity index (χ3v) is 13.9. The summed E-state index contributed by atoms with van der Waals surface area (Å²) in [7, 11) is -1.64. The summed E-state index contributed by atoms with van der Waals surface area (Å²) >= 11 is 0. The molecule has 0 bridgehead atoms. The highest BCUT2D eigenvalue weighted by Crippen LogP contribution is 2.68. The van der Waals surface area contributed by atoms with Crippen LogP contribution in [0.15, 0.2) is 11.6 Å². The molecule has 0 aromatic heterocycles. The molecule has 9 heteroatoms. The fourth-order valence-corrected chi connectivity index (χ4v) is 11.0. The van der Waals surface area contributed by atoms with Gasteiger partial charge in [0, 0.05) is 21.3 Å². The first-order chi connectivity index (χ1) is 18.4. The number of rotatable bonds is 12. The summed E-state index contributed by atoms with van der Waals surface area (Å²) in [5, 5.41) is 0. The van der Waals surface area contributed by atoms with E-state index in [1.807, 2.05) is 0 Å². The Hall–Kier alpha value is -0.0000000000000000416. The molecular formula is C30H54O7P2. The van der Waals surface area contributed by atoms with Crippen LogP contribution in [0.25, 0.3) is 0 Å². The van der Waals surface area contributed by atoms with Crippen molar-refractivity contribution >= 4 is 16.1 Å². The van der Waals surface area contributed by atoms with E-state index in [1.54, 1.807) is 0 Å². The first-order valence-corrected chi connectivity index (χ1v) is 17.9. The van der Waals surface area contributed by atoms with Crippen LogP contribution in [0.2, 0.25) is 0 Å². The molecule has 2 unspecified atom stereocenters. The smallest absolute Gasteiger partial charge is 0.314 e. The lowest BCUT2D eigenvalue weighted by molar-refractivity contribution is -0.0579. The molecule has 0 N–H and O–H groups in total. The Morgan fingerprint density at radius 1 is 1.00 bits per heavy atom. The normalized spacial score (nSPS) is 38.9. The van der Waals surface area contributed by atoms with Crippen LogP contribution in [0.3, 0.4) is 0 Å². The van der Waals surface area contributed by atoms with Gasteiger partial charge in [0.05, 0.1) is 12.2 Å². The van der Waals surface area contributed by atoms with Gasteiger partial charge >= 0.3 is 16.1 Å². The van der Waals surface area contributed by atoms with Gasteiger partial charge in [-0.2, -0.15) is 0 Å². The molecule has 0 radical (unpaired) electrons. The van der Waals surface area contributed by atoms with Crippen molar-refractivity contribution in [3.05, 3.63) is 11.6 Å². The molecule has 4 rings (SSSR count). The van der Waals surface area contributed by atoms with E-state index in [9.17, 15) is 9.13 Å². The minimum Gasteiger partial charge on any atom is -0.314 e. The Bertz CT molecular complexity index is 946. The van der Waals surface area contributed by atoms with Crippen molar-refractivity contribution in [1.82, 2.24) is 0 Å². The predicted molar refractivity (Wildman–Crippen MR) is 156 cm³/mol. The third-order valence-electron chi connectivity index (χ3n) is 11.6. The summed E-state index contributed by atoms with van der Waals surface area (Å²) in [5.41, 5.74) is 2.10. The van der Waals surface area contributed by atoms with Gasteiger partial charge < -0.3 is 9.05 Å². The lowest BCUT2D eigenvalue weighted by atomic mass is 9.47. The van der Waals surface area contributed by atoms with Gasteiger partial charge in [0.15, 0.2) is 0 Å². The maximum absolute atomic E-state index is 12.6. The molecule has 4 aliphatic rings.